The van der Waals surface area contributed by atoms with Gasteiger partial charge in [-0.15, -0.1) is 12.4 Å². The van der Waals surface area contributed by atoms with Gasteiger partial charge in [-0.3, -0.25) is 9.78 Å². The molecule has 0 bridgehead atoms. The number of hydrogen-bond donors (Lipinski definition) is 0. The van der Waals surface area contributed by atoms with Crippen molar-refractivity contribution >= 4 is 18.3 Å². The van der Waals surface area contributed by atoms with E-state index in [1.807, 2.05) is 29.2 Å². The normalized spacial score (nSPS) is 18.0. The number of methoxy groups -OCH3 is 2. The molecule has 4 rings (SSSR count). The van der Waals surface area contributed by atoms with E-state index >= 15 is 0 Å². The molecule has 0 aliphatic carbocycles. The molecule has 0 saturated heterocycles. The van der Waals surface area contributed by atoms with Crippen molar-refractivity contribution in [2.45, 2.75) is 18.9 Å². The van der Waals surface area contributed by atoms with Crippen molar-refractivity contribution in [2.75, 3.05) is 20.8 Å². The molecule has 1 atom stereocenters. The summed E-state index contributed by atoms with van der Waals surface area (Å²) in [6.07, 6.45) is 3.22. The van der Waals surface area contributed by atoms with Crippen LogP contribution in [-0.2, 0) is 12.8 Å². The smallest absolute Gasteiger partial charge is 0.256 e. The molecule has 0 fully saturated rings. The molecule has 0 spiro atoms. The van der Waals surface area contributed by atoms with Crippen LogP contribution in [0.5, 0.6) is 11.5 Å². The number of ether oxygens (including phenoxy) is 2. The minimum absolute atomic E-state index is 0. The summed E-state index contributed by atoms with van der Waals surface area (Å²) in [6.45, 7) is 0.689. The highest BCUT2D eigenvalue weighted by atomic mass is 35.5. The van der Waals surface area contributed by atoms with Gasteiger partial charge in [0.15, 0.2) is 0 Å². The Balaban J connectivity index is 0.00000169. The van der Waals surface area contributed by atoms with Gasteiger partial charge in [0.05, 0.1) is 31.5 Å². The Morgan fingerprint density at radius 1 is 1.17 bits per heavy atom. The highest BCUT2D eigenvalue weighted by Crippen LogP contribution is 2.44. The number of nitrogens with zero attached hydrogens (tertiary/aromatic N) is 2. The third-order valence-corrected chi connectivity index (χ3v) is 4.79. The molecule has 2 aromatic rings. The number of fused-ring (bicyclic) bond motifs is 4. The lowest BCUT2D eigenvalue weighted by molar-refractivity contribution is 0.0624. The second kappa shape index (κ2) is 6.32. The monoisotopic (exact) mass is 346 g/mol. The first kappa shape index (κ1) is 16.6. The van der Waals surface area contributed by atoms with Gasteiger partial charge in [0, 0.05) is 30.3 Å². The summed E-state index contributed by atoms with van der Waals surface area (Å²) in [7, 11) is 3.34. The molecule has 5 nitrogen and oxygen atoms in total. The molecule has 2 aliphatic rings. The Labute approximate surface area is 147 Å². The minimum atomic E-state index is -0.0429. The van der Waals surface area contributed by atoms with Crippen LogP contribution in [-0.4, -0.2) is 36.6 Å². The molecule has 0 radical (unpaired) electrons. The van der Waals surface area contributed by atoms with Crippen molar-refractivity contribution in [3.63, 3.8) is 0 Å². The number of halogens is 1. The van der Waals surface area contributed by atoms with Crippen LogP contribution >= 0.6 is 12.4 Å². The Morgan fingerprint density at radius 2 is 1.92 bits per heavy atom. The van der Waals surface area contributed by atoms with Crippen molar-refractivity contribution in [2.24, 2.45) is 0 Å². The SMILES string of the molecule is COc1ccc(OC)c2c1CCN1C(=O)c3cccnc3CC21.Cl. The van der Waals surface area contributed by atoms with Gasteiger partial charge in [-0.2, -0.15) is 0 Å². The number of carbonyl (C=O) groups is 1. The fraction of sp³-hybridized carbons (Fsp3) is 0.333. The van der Waals surface area contributed by atoms with E-state index < -0.39 is 0 Å². The fourth-order valence-corrected chi connectivity index (χ4v) is 3.75. The van der Waals surface area contributed by atoms with E-state index in [-0.39, 0.29) is 24.4 Å². The molecule has 3 heterocycles. The third-order valence-electron chi connectivity index (χ3n) is 4.79. The summed E-state index contributed by atoms with van der Waals surface area (Å²) in [6, 6.07) is 7.49. The molecule has 24 heavy (non-hydrogen) atoms. The lowest BCUT2D eigenvalue weighted by atomic mass is 9.84. The standard InChI is InChI=1S/C18H18N2O3.ClH/c1-22-15-5-6-16(23-2)17-12(15)7-9-20-14(17)10-13-11(18(20)21)4-3-8-19-13;/h3-6,8,14H,7,9-10H2,1-2H3;1H. The zero-order valence-corrected chi connectivity index (χ0v) is 14.4. The van der Waals surface area contributed by atoms with Crippen LogP contribution in [0, 0.1) is 0 Å². The lowest BCUT2D eigenvalue weighted by Crippen LogP contribution is -2.45. The number of aromatic nitrogens is 1. The van der Waals surface area contributed by atoms with Crippen molar-refractivity contribution in [3.8, 4) is 11.5 Å². The molecule has 1 aromatic heterocycles. The number of carbonyl (C=O) groups excluding carboxylic acids is 1. The van der Waals surface area contributed by atoms with Gasteiger partial charge in [0.2, 0.25) is 0 Å². The minimum Gasteiger partial charge on any atom is -0.496 e. The van der Waals surface area contributed by atoms with E-state index in [4.69, 9.17) is 9.47 Å². The molecule has 2 aliphatic heterocycles. The fourth-order valence-electron chi connectivity index (χ4n) is 3.75. The topological polar surface area (TPSA) is 51.7 Å². The summed E-state index contributed by atoms with van der Waals surface area (Å²) in [5.41, 5.74) is 3.77. The molecule has 126 valence electrons. The zero-order valence-electron chi connectivity index (χ0n) is 13.6. The summed E-state index contributed by atoms with van der Waals surface area (Å²) in [4.78, 5) is 19.2. The predicted molar refractivity (Wildman–Crippen MR) is 92.2 cm³/mol. The Hall–Kier alpha value is -2.27. The van der Waals surface area contributed by atoms with Crippen LogP contribution in [0.3, 0.4) is 0 Å². The third kappa shape index (κ3) is 2.31. The summed E-state index contributed by atoms with van der Waals surface area (Å²) in [5, 5.41) is 0. The Kier molecular flexibility index (Phi) is 4.37. The summed E-state index contributed by atoms with van der Waals surface area (Å²) in [5.74, 6) is 1.72. The number of rotatable bonds is 2. The number of pyridine rings is 1. The van der Waals surface area contributed by atoms with E-state index in [1.54, 1.807) is 20.4 Å². The van der Waals surface area contributed by atoms with E-state index in [1.165, 1.54) is 0 Å². The van der Waals surface area contributed by atoms with Gasteiger partial charge in [-0.1, -0.05) is 0 Å². The van der Waals surface area contributed by atoms with Crippen LogP contribution in [0.25, 0.3) is 0 Å². The maximum absolute atomic E-state index is 12.8. The molecule has 1 unspecified atom stereocenters. The van der Waals surface area contributed by atoms with Crippen LogP contribution < -0.4 is 9.47 Å². The molecular weight excluding hydrogens is 328 g/mol. The van der Waals surface area contributed by atoms with Crippen LogP contribution in [0.1, 0.15) is 33.2 Å². The summed E-state index contributed by atoms with van der Waals surface area (Å²) < 4.78 is 11.1. The Morgan fingerprint density at radius 3 is 2.67 bits per heavy atom. The van der Waals surface area contributed by atoms with Crippen molar-refractivity contribution in [1.82, 2.24) is 9.88 Å². The molecule has 1 amide bonds. The molecule has 1 aromatic carbocycles. The largest absolute Gasteiger partial charge is 0.496 e. The van der Waals surface area contributed by atoms with Gasteiger partial charge in [0.1, 0.15) is 11.5 Å². The van der Waals surface area contributed by atoms with Crippen molar-refractivity contribution < 1.29 is 14.3 Å². The quantitative estimate of drug-likeness (QED) is 0.839. The van der Waals surface area contributed by atoms with Crippen molar-refractivity contribution in [1.29, 1.82) is 0 Å². The van der Waals surface area contributed by atoms with Crippen LogP contribution in [0.15, 0.2) is 30.5 Å². The van der Waals surface area contributed by atoms with Gasteiger partial charge < -0.3 is 14.4 Å². The van der Waals surface area contributed by atoms with E-state index in [2.05, 4.69) is 4.98 Å². The maximum atomic E-state index is 12.8. The number of benzene rings is 1. The van der Waals surface area contributed by atoms with Gasteiger partial charge in [0.25, 0.3) is 5.91 Å². The maximum Gasteiger partial charge on any atom is 0.256 e. The molecule has 0 N–H and O–H groups in total. The first-order valence-electron chi connectivity index (χ1n) is 7.73. The number of hydrogen-bond acceptors (Lipinski definition) is 4. The van der Waals surface area contributed by atoms with Crippen LogP contribution in [0.2, 0.25) is 0 Å². The molecule has 6 heteroatoms. The lowest BCUT2D eigenvalue weighted by Gasteiger charge is -2.41. The Bertz CT molecular complexity index is 794. The first-order valence-corrected chi connectivity index (χ1v) is 7.73. The average molecular weight is 347 g/mol. The predicted octanol–water partition coefficient (Wildman–Crippen LogP) is 2.82. The number of amides is 1. The van der Waals surface area contributed by atoms with Gasteiger partial charge in [-0.05, 0) is 30.7 Å². The highest BCUT2D eigenvalue weighted by Gasteiger charge is 2.39. The van der Waals surface area contributed by atoms with Gasteiger partial charge in [-0.25, -0.2) is 0 Å². The van der Waals surface area contributed by atoms with Gasteiger partial charge >= 0.3 is 0 Å². The van der Waals surface area contributed by atoms with E-state index in [0.717, 1.165) is 34.7 Å². The average Bonchev–Trinajstić information content (AvgIpc) is 2.60. The van der Waals surface area contributed by atoms with Crippen LogP contribution in [0.4, 0.5) is 0 Å². The zero-order chi connectivity index (χ0) is 16.0. The van der Waals surface area contributed by atoms with Crippen molar-refractivity contribution in [3.05, 3.63) is 52.8 Å². The second-order valence-corrected chi connectivity index (χ2v) is 5.83. The second-order valence-electron chi connectivity index (χ2n) is 5.83. The highest BCUT2D eigenvalue weighted by molar-refractivity contribution is 5.97. The van der Waals surface area contributed by atoms with E-state index in [9.17, 15) is 4.79 Å². The molecule has 0 saturated carbocycles. The molecular formula is C18H19ClN2O3. The van der Waals surface area contributed by atoms with E-state index in [0.29, 0.717) is 18.5 Å². The summed E-state index contributed by atoms with van der Waals surface area (Å²) >= 11 is 0. The first-order chi connectivity index (χ1) is 11.2.